The van der Waals surface area contributed by atoms with Crippen molar-refractivity contribution >= 4 is 5.97 Å². The molecule has 0 bridgehead atoms. The number of rotatable bonds is 3. The van der Waals surface area contributed by atoms with Crippen molar-refractivity contribution in [3.05, 3.63) is 29.3 Å². The van der Waals surface area contributed by atoms with Crippen molar-refractivity contribution in [3.8, 4) is 5.75 Å². The van der Waals surface area contributed by atoms with Gasteiger partial charge in [-0.25, -0.2) is 4.79 Å². The van der Waals surface area contributed by atoms with Gasteiger partial charge in [0, 0.05) is 12.0 Å². The third-order valence-corrected chi connectivity index (χ3v) is 2.58. The maximum atomic E-state index is 13.7. The van der Waals surface area contributed by atoms with Crippen LogP contribution in [0.5, 0.6) is 5.75 Å². The summed E-state index contributed by atoms with van der Waals surface area (Å²) in [4.78, 5) is 11.2. The van der Waals surface area contributed by atoms with Gasteiger partial charge in [0.2, 0.25) is 0 Å². The van der Waals surface area contributed by atoms with Gasteiger partial charge in [0.1, 0.15) is 5.75 Å². The number of carbonyl (C=O) groups excluding carboxylic acids is 1. The summed E-state index contributed by atoms with van der Waals surface area (Å²) >= 11 is 0. The molecule has 1 heterocycles. The van der Waals surface area contributed by atoms with Gasteiger partial charge >= 0.3 is 11.9 Å². The Hall–Kier alpha value is -1.65. The predicted octanol–water partition coefficient (Wildman–Crippen LogP) is 2.28. The Morgan fingerprint density at radius 3 is 3.00 bits per heavy atom. The largest absolute Gasteiger partial charge is 0.493 e. The zero-order valence-electron chi connectivity index (χ0n) is 9.33. The highest BCUT2D eigenvalue weighted by atomic mass is 19.3. The van der Waals surface area contributed by atoms with Crippen LogP contribution in [0.25, 0.3) is 0 Å². The molecule has 0 unspecified atom stereocenters. The Kier molecular flexibility index (Phi) is 3.00. The smallest absolute Gasteiger partial charge is 0.381 e. The quantitative estimate of drug-likeness (QED) is 0.763. The molecule has 3 nitrogen and oxygen atoms in total. The molecule has 1 aliphatic heterocycles. The average Bonchev–Trinajstić information content (AvgIpc) is 2.76. The summed E-state index contributed by atoms with van der Waals surface area (Å²) in [7, 11) is 0. The fourth-order valence-corrected chi connectivity index (χ4v) is 1.72. The van der Waals surface area contributed by atoms with E-state index in [4.69, 9.17) is 4.74 Å². The Morgan fingerprint density at radius 2 is 2.29 bits per heavy atom. The van der Waals surface area contributed by atoms with Gasteiger partial charge in [-0.2, -0.15) is 8.78 Å². The van der Waals surface area contributed by atoms with E-state index in [0.717, 1.165) is 0 Å². The number of carbonyl (C=O) groups is 1. The monoisotopic (exact) mass is 242 g/mol. The number of fused-ring (bicyclic) bond motifs is 1. The molecular weight excluding hydrogens is 230 g/mol. The second kappa shape index (κ2) is 4.31. The van der Waals surface area contributed by atoms with Crippen molar-refractivity contribution in [1.82, 2.24) is 0 Å². The Labute approximate surface area is 97.3 Å². The second-order valence-electron chi connectivity index (χ2n) is 3.72. The average molecular weight is 242 g/mol. The SMILES string of the molecule is CCOC(=O)C(F)(F)c1ccc2c(c1)CCO2. The summed E-state index contributed by atoms with van der Waals surface area (Å²) in [6.07, 6.45) is 0.585. The molecule has 2 rings (SSSR count). The molecule has 1 aromatic carbocycles. The highest BCUT2D eigenvalue weighted by molar-refractivity contribution is 5.79. The van der Waals surface area contributed by atoms with Gasteiger partial charge in [-0.15, -0.1) is 0 Å². The van der Waals surface area contributed by atoms with E-state index in [1.807, 2.05) is 0 Å². The zero-order valence-corrected chi connectivity index (χ0v) is 9.33. The molecule has 0 saturated carbocycles. The molecule has 0 saturated heterocycles. The summed E-state index contributed by atoms with van der Waals surface area (Å²) in [6.45, 7) is 1.91. The van der Waals surface area contributed by atoms with Crippen molar-refractivity contribution in [2.75, 3.05) is 13.2 Å². The van der Waals surface area contributed by atoms with Crippen LogP contribution in [0.15, 0.2) is 18.2 Å². The molecule has 92 valence electrons. The van der Waals surface area contributed by atoms with Crippen molar-refractivity contribution in [1.29, 1.82) is 0 Å². The summed E-state index contributed by atoms with van der Waals surface area (Å²) in [5.74, 6) is -4.51. The molecule has 0 spiro atoms. The minimum Gasteiger partial charge on any atom is -0.493 e. The molecule has 0 N–H and O–H groups in total. The van der Waals surface area contributed by atoms with Crippen molar-refractivity contribution in [3.63, 3.8) is 0 Å². The molecule has 5 heteroatoms. The number of hydrogen-bond donors (Lipinski definition) is 0. The van der Waals surface area contributed by atoms with Crippen LogP contribution in [0.1, 0.15) is 18.1 Å². The lowest BCUT2D eigenvalue weighted by Gasteiger charge is -2.15. The third kappa shape index (κ3) is 2.09. The van der Waals surface area contributed by atoms with Gasteiger partial charge in [0.25, 0.3) is 0 Å². The van der Waals surface area contributed by atoms with Gasteiger partial charge in [-0.3, -0.25) is 0 Å². The fraction of sp³-hybridized carbons (Fsp3) is 0.417. The second-order valence-corrected chi connectivity index (χ2v) is 3.72. The minimum absolute atomic E-state index is 0.0670. The summed E-state index contributed by atoms with van der Waals surface area (Å²) in [5.41, 5.74) is 0.353. The highest BCUT2D eigenvalue weighted by Crippen LogP contribution is 2.34. The van der Waals surface area contributed by atoms with Crippen LogP contribution in [0.4, 0.5) is 8.78 Å². The number of esters is 1. The van der Waals surface area contributed by atoms with Crippen molar-refractivity contribution in [2.24, 2.45) is 0 Å². The van der Waals surface area contributed by atoms with Gasteiger partial charge in [-0.05, 0) is 30.7 Å². The molecule has 0 amide bonds. The van der Waals surface area contributed by atoms with Gasteiger partial charge in [-0.1, -0.05) is 0 Å². The van der Waals surface area contributed by atoms with Crippen LogP contribution in [0.3, 0.4) is 0 Å². The summed E-state index contributed by atoms with van der Waals surface area (Å²) < 4.78 is 37.0. The van der Waals surface area contributed by atoms with Crippen LogP contribution in [-0.4, -0.2) is 19.2 Å². The van der Waals surface area contributed by atoms with E-state index in [1.54, 1.807) is 0 Å². The number of alkyl halides is 2. The first kappa shape index (κ1) is 11.8. The van der Waals surface area contributed by atoms with Gasteiger partial charge < -0.3 is 9.47 Å². The summed E-state index contributed by atoms with van der Waals surface area (Å²) in [6, 6.07) is 3.96. The first-order chi connectivity index (χ1) is 8.05. The fourth-order valence-electron chi connectivity index (χ4n) is 1.72. The molecular formula is C12H12F2O3. The first-order valence-electron chi connectivity index (χ1n) is 5.37. The minimum atomic E-state index is -3.60. The van der Waals surface area contributed by atoms with Crippen LogP contribution in [-0.2, 0) is 21.9 Å². The van der Waals surface area contributed by atoms with E-state index in [2.05, 4.69) is 4.74 Å². The van der Waals surface area contributed by atoms with Gasteiger partial charge in [0.15, 0.2) is 0 Å². The molecule has 1 aromatic rings. The van der Waals surface area contributed by atoms with E-state index in [1.165, 1.54) is 25.1 Å². The van der Waals surface area contributed by atoms with Crippen molar-refractivity contribution in [2.45, 2.75) is 19.3 Å². The molecule has 0 atom stereocenters. The molecule has 1 aliphatic rings. The Balaban J connectivity index is 2.30. The molecule has 0 fully saturated rings. The number of halogens is 2. The molecule has 0 aromatic heterocycles. The van der Waals surface area contributed by atoms with Crippen LogP contribution >= 0.6 is 0 Å². The lowest BCUT2D eigenvalue weighted by Crippen LogP contribution is -2.28. The number of ether oxygens (including phenoxy) is 2. The van der Waals surface area contributed by atoms with Gasteiger partial charge in [0.05, 0.1) is 13.2 Å². The topological polar surface area (TPSA) is 35.5 Å². The van der Waals surface area contributed by atoms with Crippen LogP contribution in [0, 0.1) is 0 Å². The van der Waals surface area contributed by atoms with E-state index < -0.39 is 11.9 Å². The number of benzene rings is 1. The van der Waals surface area contributed by atoms with Crippen LogP contribution in [0.2, 0.25) is 0 Å². The standard InChI is InChI=1S/C12H12F2O3/c1-2-16-11(15)12(13,14)9-3-4-10-8(7-9)5-6-17-10/h3-4,7H,2,5-6H2,1H3. The predicted molar refractivity (Wildman–Crippen MR) is 56.2 cm³/mol. The van der Waals surface area contributed by atoms with E-state index in [0.29, 0.717) is 24.3 Å². The first-order valence-corrected chi connectivity index (χ1v) is 5.37. The third-order valence-electron chi connectivity index (χ3n) is 2.58. The molecule has 0 radical (unpaired) electrons. The van der Waals surface area contributed by atoms with Crippen molar-refractivity contribution < 1.29 is 23.0 Å². The Bertz CT molecular complexity index is 443. The maximum absolute atomic E-state index is 13.7. The lowest BCUT2D eigenvalue weighted by atomic mass is 10.0. The van der Waals surface area contributed by atoms with E-state index >= 15 is 0 Å². The maximum Gasteiger partial charge on any atom is 0.381 e. The number of hydrogen-bond acceptors (Lipinski definition) is 3. The van der Waals surface area contributed by atoms with E-state index in [-0.39, 0.29) is 12.2 Å². The zero-order chi connectivity index (χ0) is 12.5. The summed E-state index contributed by atoms with van der Waals surface area (Å²) in [5, 5.41) is 0. The highest BCUT2D eigenvalue weighted by Gasteiger charge is 2.43. The van der Waals surface area contributed by atoms with Crippen LogP contribution < -0.4 is 4.74 Å². The molecule has 0 aliphatic carbocycles. The molecule has 17 heavy (non-hydrogen) atoms. The lowest BCUT2D eigenvalue weighted by molar-refractivity contribution is -0.173. The normalized spacial score (nSPS) is 14.1. The van der Waals surface area contributed by atoms with E-state index in [9.17, 15) is 13.6 Å². The Morgan fingerprint density at radius 1 is 1.53 bits per heavy atom.